The third-order valence-corrected chi connectivity index (χ3v) is 3.58. The molecule has 0 unspecified atom stereocenters. The zero-order chi connectivity index (χ0) is 11.8. The van der Waals surface area contributed by atoms with E-state index in [4.69, 9.17) is 5.26 Å². The minimum atomic E-state index is 0.627. The maximum atomic E-state index is 8.78. The molecular weight excluding hydrogens is 278 g/mol. The lowest BCUT2D eigenvalue weighted by molar-refractivity contribution is 0.806. The molecule has 0 saturated heterocycles. The smallest absolute Gasteiger partial charge is 0.0991 e. The number of rotatable bonds is 2. The molecule has 1 aromatic heterocycles. The predicted octanol–water partition coefficient (Wildman–Crippen LogP) is 3.38. The molecule has 0 bridgehead atoms. The lowest BCUT2D eigenvalue weighted by atomic mass is 10.2. The molecule has 1 aromatic carbocycles. The number of aromatic nitrogens is 2. The first kappa shape index (κ1) is 10.5. The first-order valence-corrected chi connectivity index (χ1v) is 6.33. The molecule has 2 aromatic rings. The summed E-state index contributed by atoms with van der Waals surface area (Å²) >= 11 is 3.55. The molecule has 17 heavy (non-hydrogen) atoms. The maximum Gasteiger partial charge on any atom is 0.0991 e. The van der Waals surface area contributed by atoms with Gasteiger partial charge in [0.1, 0.15) is 0 Å². The van der Waals surface area contributed by atoms with Gasteiger partial charge in [0, 0.05) is 5.92 Å². The van der Waals surface area contributed by atoms with Crippen molar-refractivity contribution >= 4 is 15.9 Å². The molecule has 1 aliphatic rings. The van der Waals surface area contributed by atoms with Crippen molar-refractivity contribution in [3.8, 4) is 11.8 Å². The van der Waals surface area contributed by atoms with E-state index < -0.39 is 0 Å². The maximum absolute atomic E-state index is 8.78. The fraction of sp³-hybridized carbons (Fsp3) is 0.231. The van der Waals surface area contributed by atoms with Gasteiger partial charge in [0.2, 0.25) is 0 Å². The molecule has 0 N–H and O–H groups in total. The van der Waals surface area contributed by atoms with E-state index in [0.717, 1.165) is 10.2 Å². The van der Waals surface area contributed by atoms with Crippen molar-refractivity contribution in [3.05, 3.63) is 46.2 Å². The molecule has 4 heteroatoms. The summed E-state index contributed by atoms with van der Waals surface area (Å²) in [5.41, 5.74) is 2.93. The zero-order valence-electron chi connectivity index (χ0n) is 9.10. The number of benzene rings is 1. The van der Waals surface area contributed by atoms with Gasteiger partial charge in [-0.25, -0.2) is 4.68 Å². The van der Waals surface area contributed by atoms with Crippen molar-refractivity contribution in [1.29, 1.82) is 5.26 Å². The Morgan fingerprint density at radius 1 is 1.29 bits per heavy atom. The lowest BCUT2D eigenvalue weighted by Gasteiger charge is -2.06. The summed E-state index contributed by atoms with van der Waals surface area (Å²) in [6.45, 7) is 0. The summed E-state index contributed by atoms with van der Waals surface area (Å²) in [4.78, 5) is 0. The molecular formula is C13H10BrN3. The van der Waals surface area contributed by atoms with Crippen LogP contribution in [0.2, 0.25) is 0 Å². The van der Waals surface area contributed by atoms with E-state index in [1.165, 1.54) is 18.5 Å². The molecule has 1 fully saturated rings. The second-order valence-corrected chi connectivity index (χ2v) is 5.08. The summed E-state index contributed by atoms with van der Waals surface area (Å²) in [6.07, 6.45) is 4.31. The van der Waals surface area contributed by atoms with Crippen molar-refractivity contribution in [2.75, 3.05) is 0 Å². The normalized spacial score (nSPS) is 14.6. The predicted molar refractivity (Wildman–Crippen MR) is 68.0 cm³/mol. The van der Waals surface area contributed by atoms with Gasteiger partial charge in [-0.1, -0.05) is 0 Å². The van der Waals surface area contributed by atoms with Gasteiger partial charge in [0.15, 0.2) is 0 Å². The Bertz CT molecular complexity index is 588. The first-order chi connectivity index (χ1) is 8.29. The monoisotopic (exact) mass is 287 g/mol. The molecule has 1 heterocycles. The van der Waals surface area contributed by atoms with Gasteiger partial charge in [-0.05, 0) is 53.0 Å². The highest BCUT2D eigenvalue weighted by atomic mass is 79.9. The Kier molecular flexibility index (Phi) is 2.49. The molecule has 0 amide bonds. The fourth-order valence-corrected chi connectivity index (χ4v) is 2.53. The first-order valence-electron chi connectivity index (χ1n) is 5.53. The Morgan fingerprint density at radius 2 is 2.00 bits per heavy atom. The average Bonchev–Trinajstić information content (AvgIpc) is 3.13. The minimum absolute atomic E-state index is 0.627. The molecule has 0 aliphatic heterocycles. The van der Waals surface area contributed by atoms with Crippen LogP contribution in [0.3, 0.4) is 0 Å². The molecule has 1 aliphatic carbocycles. The Labute approximate surface area is 108 Å². The standard InChI is InChI=1S/C13H10BrN3/c14-12-8-16-17(13(12)10-3-4-10)11-5-1-9(7-15)2-6-11/h1-2,5-6,8,10H,3-4H2. The quantitative estimate of drug-likeness (QED) is 0.850. The summed E-state index contributed by atoms with van der Waals surface area (Å²) in [7, 11) is 0. The summed E-state index contributed by atoms with van der Waals surface area (Å²) in [5.74, 6) is 0.627. The lowest BCUT2D eigenvalue weighted by Crippen LogP contribution is -2.01. The highest BCUT2D eigenvalue weighted by Gasteiger charge is 2.29. The SMILES string of the molecule is N#Cc1ccc(-n2ncc(Br)c2C2CC2)cc1. The third-order valence-electron chi connectivity index (χ3n) is 2.96. The van der Waals surface area contributed by atoms with E-state index in [-0.39, 0.29) is 0 Å². The molecule has 0 atom stereocenters. The molecule has 3 nitrogen and oxygen atoms in total. The largest absolute Gasteiger partial charge is 0.236 e. The van der Waals surface area contributed by atoms with Crippen LogP contribution in [0.4, 0.5) is 0 Å². The van der Waals surface area contributed by atoms with Crippen molar-refractivity contribution in [3.63, 3.8) is 0 Å². The molecule has 0 spiro atoms. The summed E-state index contributed by atoms with van der Waals surface area (Å²) < 4.78 is 3.03. The van der Waals surface area contributed by atoms with Gasteiger partial charge in [-0.2, -0.15) is 10.4 Å². The van der Waals surface area contributed by atoms with Crippen molar-refractivity contribution < 1.29 is 0 Å². The van der Waals surface area contributed by atoms with Crippen LogP contribution in [0.5, 0.6) is 0 Å². The second-order valence-electron chi connectivity index (χ2n) is 4.22. The van der Waals surface area contributed by atoms with Crippen LogP contribution in [-0.4, -0.2) is 9.78 Å². The van der Waals surface area contributed by atoms with Gasteiger partial charge in [0.05, 0.1) is 33.7 Å². The van der Waals surface area contributed by atoms with Gasteiger partial charge in [-0.3, -0.25) is 0 Å². The Hall–Kier alpha value is -1.60. The zero-order valence-corrected chi connectivity index (χ0v) is 10.7. The van der Waals surface area contributed by atoms with E-state index in [1.54, 1.807) is 0 Å². The van der Waals surface area contributed by atoms with Crippen LogP contribution >= 0.6 is 15.9 Å². The van der Waals surface area contributed by atoms with Crippen LogP contribution < -0.4 is 0 Å². The van der Waals surface area contributed by atoms with Crippen LogP contribution in [0.15, 0.2) is 34.9 Å². The Balaban J connectivity index is 2.05. The molecule has 3 rings (SSSR count). The minimum Gasteiger partial charge on any atom is -0.236 e. The van der Waals surface area contributed by atoms with Crippen molar-refractivity contribution in [2.45, 2.75) is 18.8 Å². The fourth-order valence-electron chi connectivity index (χ4n) is 1.95. The van der Waals surface area contributed by atoms with Crippen LogP contribution in [0.25, 0.3) is 5.69 Å². The van der Waals surface area contributed by atoms with E-state index in [0.29, 0.717) is 11.5 Å². The van der Waals surface area contributed by atoms with Crippen LogP contribution in [-0.2, 0) is 0 Å². The molecule has 84 valence electrons. The topological polar surface area (TPSA) is 41.6 Å². The molecule has 0 radical (unpaired) electrons. The summed E-state index contributed by atoms with van der Waals surface area (Å²) in [5, 5.41) is 13.2. The number of hydrogen-bond donors (Lipinski definition) is 0. The number of nitrogens with zero attached hydrogens (tertiary/aromatic N) is 3. The molecule has 1 saturated carbocycles. The van der Waals surface area contributed by atoms with Crippen molar-refractivity contribution in [1.82, 2.24) is 9.78 Å². The average molecular weight is 288 g/mol. The number of hydrogen-bond acceptors (Lipinski definition) is 2. The number of halogens is 1. The van der Waals surface area contributed by atoms with E-state index in [9.17, 15) is 0 Å². The van der Waals surface area contributed by atoms with E-state index >= 15 is 0 Å². The van der Waals surface area contributed by atoms with Gasteiger partial charge >= 0.3 is 0 Å². The third kappa shape index (κ3) is 1.87. The van der Waals surface area contributed by atoms with E-state index in [1.807, 2.05) is 35.1 Å². The van der Waals surface area contributed by atoms with Crippen LogP contribution in [0.1, 0.15) is 30.0 Å². The highest BCUT2D eigenvalue weighted by Crippen LogP contribution is 2.43. The summed E-state index contributed by atoms with van der Waals surface area (Å²) in [6, 6.07) is 9.63. The van der Waals surface area contributed by atoms with Crippen LogP contribution in [0, 0.1) is 11.3 Å². The number of nitriles is 1. The second kappa shape index (κ2) is 4.01. The Morgan fingerprint density at radius 3 is 2.59 bits per heavy atom. The highest BCUT2D eigenvalue weighted by molar-refractivity contribution is 9.10. The van der Waals surface area contributed by atoms with Gasteiger partial charge in [0.25, 0.3) is 0 Å². The van der Waals surface area contributed by atoms with Gasteiger partial charge in [-0.15, -0.1) is 0 Å². The van der Waals surface area contributed by atoms with E-state index in [2.05, 4.69) is 27.1 Å². The van der Waals surface area contributed by atoms with Gasteiger partial charge < -0.3 is 0 Å². The van der Waals surface area contributed by atoms with Crippen molar-refractivity contribution in [2.24, 2.45) is 0 Å².